The first kappa shape index (κ1) is 24.0. The SMILES string of the molecule is CC(C)c1cc2cccc(C(C)C)c2cn1.CC(C)c1ccc2c(C(C)C)cccc2c1. The molecule has 4 rings (SSSR count). The van der Waals surface area contributed by atoms with Crippen LogP contribution in [0.25, 0.3) is 21.5 Å². The highest BCUT2D eigenvalue weighted by Crippen LogP contribution is 2.28. The summed E-state index contributed by atoms with van der Waals surface area (Å²) in [7, 11) is 0. The summed E-state index contributed by atoms with van der Waals surface area (Å²) in [4.78, 5) is 4.55. The molecule has 168 valence electrons. The average molecular weight is 426 g/mol. The van der Waals surface area contributed by atoms with E-state index in [2.05, 4.69) is 121 Å². The molecule has 0 radical (unpaired) electrons. The lowest BCUT2D eigenvalue weighted by Gasteiger charge is -2.12. The van der Waals surface area contributed by atoms with Crippen molar-refractivity contribution in [2.24, 2.45) is 0 Å². The summed E-state index contributed by atoms with van der Waals surface area (Å²) in [6.07, 6.45) is 2.03. The molecule has 0 amide bonds. The Balaban J connectivity index is 0.000000181. The Kier molecular flexibility index (Phi) is 7.72. The zero-order chi connectivity index (χ0) is 23.4. The molecule has 0 saturated carbocycles. The minimum absolute atomic E-state index is 0.493. The number of nitrogens with zero attached hydrogens (tertiary/aromatic N) is 1. The van der Waals surface area contributed by atoms with E-state index >= 15 is 0 Å². The third-order valence-electron chi connectivity index (χ3n) is 6.26. The van der Waals surface area contributed by atoms with Crippen LogP contribution in [-0.2, 0) is 0 Å². The van der Waals surface area contributed by atoms with E-state index in [0.29, 0.717) is 23.7 Å². The predicted octanol–water partition coefficient (Wildman–Crippen LogP) is 9.57. The Morgan fingerprint density at radius 3 is 1.62 bits per heavy atom. The van der Waals surface area contributed by atoms with Gasteiger partial charge in [-0.1, -0.05) is 110 Å². The number of pyridine rings is 1. The number of rotatable bonds is 4. The molecule has 4 aromatic rings. The molecule has 0 saturated heterocycles. The summed E-state index contributed by atoms with van der Waals surface area (Å²) in [6, 6.07) is 22.2. The minimum atomic E-state index is 0.493. The molecule has 0 bridgehead atoms. The van der Waals surface area contributed by atoms with Gasteiger partial charge >= 0.3 is 0 Å². The van der Waals surface area contributed by atoms with Crippen LogP contribution in [0.3, 0.4) is 0 Å². The van der Waals surface area contributed by atoms with E-state index in [-0.39, 0.29) is 0 Å². The Hall–Kier alpha value is -2.67. The van der Waals surface area contributed by atoms with Gasteiger partial charge in [0.2, 0.25) is 0 Å². The molecular weight excluding hydrogens is 386 g/mol. The van der Waals surface area contributed by atoms with Gasteiger partial charge in [0.05, 0.1) is 0 Å². The number of hydrogen-bond acceptors (Lipinski definition) is 1. The zero-order valence-corrected chi connectivity index (χ0v) is 21.1. The first-order valence-corrected chi connectivity index (χ1v) is 12.1. The Morgan fingerprint density at radius 2 is 1.09 bits per heavy atom. The van der Waals surface area contributed by atoms with Gasteiger partial charge in [0.15, 0.2) is 0 Å². The lowest BCUT2D eigenvalue weighted by Crippen LogP contribution is -1.95. The van der Waals surface area contributed by atoms with Crippen LogP contribution < -0.4 is 0 Å². The standard InChI is InChI=1S/C16H20.C15H19N/c1-11(2)13-8-9-16-14(10-13)6-5-7-15(16)12(3)4;1-10(2)13-7-5-6-12-8-15(11(3)4)16-9-14(12)13/h5-12H,1-4H3;5-11H,1-4H3. The molecule has 0 aliphatic rings. The van der Waals surface area contributed by atoms with Crippen molar-refractivity contribution >= 4 is 21.5 Å². The van der Waals surface area contributed by atoms with Crippen molar-refractivity contribution in [1.29, 1.82) is 0 Å². The summed E-state index contributed by atoms with van der Waals surface area (Å²) < 4.78 is 0. The quantitative estimate of drug-likeness (QED) is 0.317. The van der Waals surface area contributed by atoms with Crippen LogP contribution in [0.15, 0.2) is 66.9 Å². The second-order valence-corrected chi connectivity index (χ2v) is 10.1. The molecule has 32 heavy (non-hydrogen) atoms. The number of aromatic nitrogens is 1. The van der Waals surface area contributed by atoms with Gasteiger partial charge in [-0.2, -0.15) is 0 Å². The van der Waals surface area contributed by atoms with Crippen LogP contribution in [-0.4, -0.2) is 4.98 Å². The third kappa shape index (κ3) is 5.38. The summed E-state index contributed by atoms with van der Waals surface area (Å²) in [5.74, 6) is 2.24. The largest absolute Gasteiger partial charge is 0.260 e. The molecule has 0 aliphatic carbocycles. The molecule has 1 aromatic heterocycles. The lowest BCUT2D eigenvalue weighted by molar-refractivity contribution is 0.824. The number of fused-ring (bicyclic) bond motifs is 2. The highest BCUT2D eigenvalue weighted by atomic mass is 14.7. The summed E-state index contributed by atoms with van der Waals surface area (Å²) in [6.45, 7) is 17.8. The van der Waals surface area contributed by atoms with E-state index in [1.807, 2.05) is 6.20 Å². The monoisotopic (exact) mass is 425 g/mol. The topological polar surface area (TPSA) is 12.9 Å². The van der Waals surface area contributed by atoms with Gasteiger partial charge in [0, 0.05) is 17.3 Å². The smallest absolute Gasteiger partial charge is 0.0435 e. The van der Waals surface area contributed by atoms with Crippen molar-refractivity contribution < 1.29 is 0 Å². The Morgan fingerprint density at radius 1 is 0.531 bits per heavy atom. The fourth-order valence-electron chi connectivity index (χ4n) is 4.22. The summed E-state index contributed by atoms with van der Waals surface area (Å²) in [5.41, 5.74) is 5.44. The number of benzene rings is 3. The van der Waals surface area contributed by atoms with E-state index < -0.39 is 0 Å². The van der Waals surface area contributed by atoms with Crippen molar-refractivity contribution in [1.82, 2.24) is 4.98 Å². The van der Waals surface area contributed by atoms with Crippen LogP contribution in [0.2, 0.25) is 0 Å². The van der Waals surface area contributed by atoms with Crippen molar-refractivity contribution in [2.45, 2.75) is 79.1 Å². The van der Waals surface area contributed by atoms with Gasteiger partial charge in [-0.25, -0.2) is 0 Å². The molecule has 0 spiro atoms. The Labute approximate surface area is 194 Å². The molecule has 0 fully saturated rings. The fourth-order valence-corrected chi connectivity index (χ4v) is 4.22. The second-order valence-electron chi connectivity index (χ2n) is 10.1. The van der Waals surface area contributed by atoms with E-state index in [1.54, 1.807) is 0 Å². The zero-order valence-electron chi connectivity index (χ0n) is 21.1. The minimum Gasteiger partial charge on any atom is -0.260 e. The molecule has 0 aliphatic heterocycles. The summed E-state index contributed by atoms with van der Waals surface area (Å²) in [5, 5.41) is 5.38. The van der Waals surface area contributed by atoms with Gasteiger partial charge in [0.1, 0.15) is 0 Å². The van der Waals surface area contributed by atoms with Crippen LogP contribution in [0.1, 0.15) is 101 Å². The maximum atomic E-state index is 4.55. The highest BCUT2D eigenvalue weighted by molar-refractivity contribution is 5.87. The molecule has 0 unspecified atom stereocenters. The first-order chi connectivity index (χ1) is 15.2. The normalized spacial score (nSPS) is 11.6. The maximum absolute atomic E-state index is 4.55. The van der Waals surface area contributed by atoms with Crippen LogP contribution >= 0.6 is 0 Å². The molecule has 0 N–H and O–H groups in total. The average Bonchev–Trinajstić information content (AvgIpc) is 2.77. The van der Waals surface area contributed by atoms with E-state index in [9.17, 15) is 0 Å². The van der Waals surface area contributed by atoms with Crippen molar-refractivity contribution in [2.75, 3.05) is 0 Å². The van der Waals surface area contributed by atoms with Crippen molar-refractivity contribution in [3.05, 3.63) is 89.2 Å². The molecule has 1 heteroatoms. The third-order valence-corrected chi connectivity index (χ3v) is 6.26. The number of hydrogen-bond donors (Lipinski definition) is 0. The fraction of sp³-hybridized carbons (Fsp3) is 0.387. The lowest BCUT2D eigenvalue weighted by atomic mass is 9.93. The highest BCUT2D eigenvalue weighted by Gasteiger charge is 2.08. The predicted molar refractivity (Wildman–Crippen MR) is 142 cm³/mol. The van der Waals surface area contributed by atoms with Crippen molar-refractivity contribution in [3.63, 3.8) is 0 Å². The molecule has 1 nitrogen and oxygen atoms in total. The molecule has 0 atom stereocenters. The van der Waals surface area contributed by atoms with Crippen LogP contribution in [0.4, 0.5) is 0 Å². The van der Waals surface area contributed by atoms with Crippen LogP contribution in [0.5, 0.6) is 0 Å². The van der Waals surface area contributed by atoms with Gasteiger partial charge in [-0.05, 0) is 62.6 Å². The molecular formula is C31H39N. The van der Waals surface area contributed by atoms with E-state index in [4.69, 9.17) is 0 Å². The van der Waals surface area contributed by atoms with Gasteiger partial charge < -0.3 is 0 Å². The van der Waals surface area contributed by atoms with Crippen LogP contribution in [0, 0.1) is 0 Å². The maximum Gasteiger partial charge on any atom is 0.0435 e. The van der Waals surface area contributed by atoms with E-state index in [1.165, 1.54) is 43.9 Å². The second kappa shape index (κ2) is 10.3. The molecule has 3 aromatic carbocycles. The first-order valence-electron chi connectivity index (χ1n) is 12.1. The summed E-state index contributed by atoms with van der Waals surface area (Å²) >= 11 is 0. The van der Waals surface area contributed by atoms with E-state index in [0.717, 1.165) is 0 Å². The van der Waals surface area contributed by atoms with Gasteiger partial charge in [0.25, 0.3) is 0 Å². The van der Waals surface area contributed by atoms with Gasteiger partial charge in [-0.3, -0.25) is 4.98 Å². The van der Waals surface area contributed by atoms with Crippen molar-refractivity contribution in [3.8, 4) is 0 Å². The molecule has 1 heterocycles. The Bertz CT molecular complexity index is 1090. The van der Waals surface area contributed by atoms with Gasteiger partial charge in [-0.15, -0.1) is 0 Å².